The standard InChI is InChI=1S/C13H11ClO/c1-10-2-6-12(7-3-10)15-13-8-4-11(14)5-9-13/h2-9H,1H3. The molecule has 0 heterocycles. The Labute approximate surface area is 94.3 Å². The SMILES string of the molecule is Cc1ccc(Oc2ccc(Cl)cc2)cc1. The number of aryl methyl sites for hydroxylation is 1. The molecule has 2 aromatic carbocycles. The van der Waals surface area contributed by atoms with E-state index in [1.165, 1.54) is 5.56 Å². The normalized spacial score (nSPS) is 10.0. The highest BCUT2D eigenvalue weighted by Crippen LogP contribution is 2.22. The molecule has 76 valence electrons. The predicted molar refractivity (Wildman–Crippen MR) is 62.7 cm³/mol. The zero-order valence-electron chi connectivity index (χ0n) is 8.41. The van der Waals surface area contributed by atoms with Gasteiger partial charge in [-0.3, -0.25) is 0 Å². The molecule has 0 aliphatic rings. The lowest BCUT2D eigenvalue weighted by Crippen LogP contribution is -1.83. The Morgan fingerprint density at radius 2 is 1.27 bits per heavy atom. The largest absolute Gasteiger partial charge is 0.457 e. The van der Waals surface area contributed by atoms with Crippen LogP contribution in [0, 0.1) is 6.92 Å². The average Bonchev–Trinajstić information content (AvgIpc) is 2.25. The van der Waals surface area contributed by atoms with Gasteiger partial charge in [0, 0.05) is 5.02 Å². The van der Waals surface area contributed by atoms with Gasteiger partial charge in [-0.1, -0.05) is 29.3 Å². The minimum Gasteiger partial charge on any atom is -0.457 e. The highest BCUT2D eigenvalue weighted by Gasteiger charge is 1.96. The van der Waals surface area contributed by atoms with Crippen molar-refractivity contribution in [2.24, 2.45) is 0 Å². The van der Waals surface area contributed by atoms with Crippen molar-refractivity contribution in [3.05, 3.63) is 59.1 Å². The number of hydrogen-bond donors (Lipinski definition) is 0. The number of hydrogen-bond acceptors (Lipinski definition) is 1. The Morgan fingerprint density at radius 1 is 0.800 bits per heavy atom. The molecule has 0 bridgehead atoms. The van der Waals surface area contributed by atoms with Gasteiger partial charge in [0.1, 0.15) is 11.5 Å². The van der Waals surface area contributed by atoms with Gasteiger partial charge in [0.25, 0.3) is 0 Å². The lowest BCUT2D eigenvalue weighted by Gasteiger charge is -2.05. The molecule has 0 radical (unpaired) electrons. The summed E-state index contributed by atoms with van der Waals surface area (Å²) in [6.07, 6.45) is 0. The van der Waals surface area contributed by atoms with Crippen molar-refractivity contribution in [2.75, 3.05) is 0 Å². The van der Waals surface area contributed by atoms with Gasteiger partial charge in [-0.15, -0.1) is 0 Å². The molecule has 0 amide bonds. The first-order valence-electron chi connectivity index (χ1n) is 4.74. The van der Waals surface area contributed by atoms with Crippen molar-refractivity contribution < 1.29 is 4.74 Å². The van der Waals surface area contributed by atoms with Crippen molar-refractivity contribution in [3.8, 4) is 11.5 Å². The van der Waals surface area contributed by atoms with Crippen LogP contribution in [0.1, 0.15) is 5.56 Å². The van der Waals surface area contributed by atoms with Crippen LogP contribution < -0.4 is 4.74 Å². The summed E-state index contributed by atoms with van der Waals surface area (Å²) in [6.45, 7) is 2.05. The van der Waals surface area contributed by atoms with Crippen LogP contribution in [0.5, 0.6) is 11.5 Å². The molecular weight excluding hydrogens is 208 g/mol. The summed E-state index contributed by atoms with van der Waals surface area (Å²) in [5.74, 6) is 1.63. The van der Waals surface area contributed by atoms with E-state index in [2.05, 4.69) is 0 Å². The maximum absolute atomic E-state index is 5.78. The molecule has 0 saturated heterocycles. The topological polar surface area (TPSA) is 9.23 Å². The molecule has 0 N–H and O–H groups in total. The first-order chi connectivity index (χ1) is 7.24. The molecule has 0 aromatic heterocycles. The highest BCUT2D eigenvalue weighted by molar-refractivity contribution is 6.30. The van der Waals surface area contributed by atoms with Gasteiger partial charge in [-0.05, 0) is 43.3 Å². The van der Waals surface area contributed by atoms with Gasteiger partial charge in [0.15, 0.2) is 0 Å². The molecule has 0 aliphatic carbocycles. The molecule has 0 saturated carbocycles. The number of halogens is 1. The summed E-state index contributed by atoms with van der Waals surface area (Å²) < 4.78 is 5.63. The third-order valence-corrected chi connectivity index (χ3v) is 2.32. The minimum atomic E-state index is 0.714. The Balaban J connectivity index is 2.15. The van der Waals surface area contributed by atoms with Crippen LogP contribution in [0.25, 0.3) is 0 Å². The molecule has 0 spiro atoms. The van der Waals surface area contributed by atoms with E-state index in [1.807, 2.05) is 55.5 Å². The van der Waals surface area contributed by atoms with Crippen LogP contribution in [0.15, 0.2) is 48.5 Å². The molecule has 1 nitrogen and oxygen atoms in total. The second-order valence-corrected chi connectivity index (χ2v) is 3.81. The van der Waals surface area contributed by atoms with E-state index < -0.39 is 0 Å². The van der Waals surface area contributed by atoms with Gasteiger partial charge in [-0.2, -0.15) is 0 Å². The van der Waals surface area contributed by atoms with E-state index in [9.17, 15) is 0 Å². The molecule has 0 fully saturated rings. The van der Waals surface area contributed by atoms with E-state index in [0.717, 1.165) is 11.5 Å². The van der Waals surface area contributed by atoms with Crippen molar-refractivity contribution >= 4 is 11.6 Å². The van der Waals surface area contributed by atoms with Crippen molar-refractivity contribution in [3.63, 3.8) is 0 Å². The lowest BCUT2D eigenvalue weighted by atomic mass is 10.2. The van der Waals surface area contributed by atoms with Gasteiger partial charge in [0.2, 0.25) is 0 Å². The summed E-state index contributed by atoms with van der Waals surface area (Å²) in [5.41, 5.74) is 1.22. The van der Waals surface area contributed by atoms with Crippen molar-refractivity contribution in [1.82, 2.24) is 0 Å². The quantitative estimate of drug-likeness (QED) is 0.724. The third-order valence-electron chi connectivity index (χ3n) is 2.07. The first kappa shape index (κ1) is 10.1. The van der Waals surface area contributed by atoms with Crippen molar-refractivity contribution in [2.45, 2.75) is 6.92 Å². The van der Waals surface area contributed by atoms with Gasteiger partial charge in [0.05, 0.1) is 0 Å². The molecule has 2 rings (SSSR count). The first-order valence-corrected chi connectivity index (χ1v) is 5.12. The molecule has 2 heteroatoms. The van der Waals surface area contributed by atoms with Crippen LogP contribution in [0.4, 0.5) is 0 Å². The molecule has 2 aromatic rings. The predicted octanol–water partition coefficient (Wildman–Crippen LogP) is 4.44. The Hall–Kier alpha value is -1.47. The van der Waals surface area contributed by atoms with E-state index in [0.29, 0.717) is 5.02 Å². The fraction of sp³-hybridized carbons (Fsp3) is 0.0769. The van der Waals surface area contributed by atoms with Gasteiger partial charge >= 0.3 is 0 Å². The fourth-order valence-corrected chi connectivity index (χ4v) is 1.37. The summed E-state index contributed by atoms with van der Waals surface area (Å²) in [7, 11) is 0. The van der Waals surface area contributed by atoms with Crippen LogP contribution in [0.2, 0.25) is 5.02 Å². The monoisotopic (exact) mass is 218 g/mol. The van der Waals surface area contributed by atoms with E-state index in [1.54, 1.807) is 0 Å². The third kappa shape index (κ3) is 2.74. The van der Waals surface area contributed by atoms with E-state index in [-0.39, 0.29) is 0 Å². The van der Waals surface area contributed by atoms with Crippen LogP contribution >= 0.6 is 11.6 Å². The highest BCUT2D eigenvalue weighted by atomic mass is 35.5. The van der Waals surface area contributed by atoms with Gasteiger partial charge in [-0.25, -0.2) is 0 Å². The Morgan fingerprint density at radius 3 is 1.80 bits per heavy atom. The number of rotatable bonds is 2. The fourth-order valence-electron chi connectivity index (χ4n) is 1.25. The van der Waals surface area contributed by atoms with Gasteiger partial charge < -0.3 is 4.74 Å². The Bertz CT molecular complexity index is 388. The smallest absolute Gasteiger partial charge is 0.127 e. The van der Waals surface area contributed by atoms with Crippen LogP contribution in [0.3, 0.4) is 0 Å². The number of benzene rings is 2. The lowest BCUT2D eigenvalue weighted by molar-refractivity contribution is 0.482. The van der Waals surface area contributed by atoms with Crippen LogP contribution in [-0.4, -0.2) is 0 Å². The summed E-state index contributed by atoms with van der Waals surface area (Å²) in [5, 5.41) is 0.714. The minimum absolute atomic E-state index is 0.714. The Kier molecular flexibility index (Phi) is 2.93. The van der Waals surface area contributed by atoms with E-state index in [4.69, 9.17) is 16.3 Å². The number of ether oxygens (including phenoxy) is 1. The zero-order chi connectivity index (χ0) is 10.7. The molecule has 0 aliphatic heterocycles. The van der Waals surface area contributed by atoms with E-state index >= 15 is 0 Å². The maximum atomic E-state index is 5.78. The second kappa shape index (κ2) is 4.37. The van der Waals surface area contributed by atoms with Crippen molar-refractivity contribution in [1.29, 1.82) is 0 Å². The average molecular weight is 219 g/mol. The molecule has 0 atom stereocenters. The molecular formula is C13H11ClO. The zero-order valence-corrected chi connectivity index (χ0v) is 9.16. The second-order valence-electron chi connectivity index (χ2n) is 3.37. The summed E-state index contributed by atoms with van der Waals surface area (Å²) >= 11 is 5.78. The summed E-state index contributed by atoms with van der Waals surface area (Å²) in [4.78, 5) is 0. The maximum Gasteiger partial charge on any atom is 0.127 e. The van der Waals surface area contributed by atoms with Crippen LogP contribution in [-0.2, 0) is 0 Å². The molecule has 0 unspecified atom stereocenters. The summed E-state index contributed by atoms with van der Waals surface area (Å²) in [6, 6.07) is 15.3. The molecule has 15 heavy (non-hydrogen) atoms.